The van der Waals surface area contributed by atoms with Crippen molar-refractivity contribution in [3.05, 3.63) is 35.4 Å². The Morgan fingerprint density at radius 3 is 2.33 bits per heavy atom. The summed E-state index contributed by atoms with van der Waals surface area (Å²) < 4.78 is 6.30. The molecule has 2 fully saturated rings. The minimum atomic E-state index is 0.117. The summed E-state index contributed by atoms with van der Waals surface area (Å²) in [5.74, 6) is 0. The van der Waals surface area contributed by atoms with Crippen LogP contribution in [0.25, 0.3) is 0 Å². The maximum Gasteiger partial charge on any atom is 0.0706 e. The van der Waals surface area contributed by atoms with Gasteiger partial charge in [-0.2, -0.15) is 0 Å². The topological polar surface area (TPSA) is 35.9 Å². The lowest BCUT2D eigenvalue weighted by molar-refractivity contribution is 0.0144. The second-order valence-corrected chi connectivity index (χ2v) is 7.61. The predicted molar refractivity (Wildman–Crippen MR) is 97.1 cm³/mol. The van der Waals surface area contributed by atoms with Gasteiger partial charge in [0.1, 0.15) is 0 Å². The molecule has 3 rings (SSSR count). The van der Waals surface area contributed by atoms with Gasteiger partial charge in [-0.1, -0.05) is 24.3 Å². The highest BCUT2D eigenvalue weighted by Gasteiger charge is 2.29. The number of piperidine rings is 1. The lowest BCUT2D eigenvalue weighted by Gasteiger charge is -2.36. The highest BCUT2D eigenvalue weighted by molar-refractivity contribution is 5.22. The maximum absolute atomic E-state index is 9.12. The van der Waals surface area contributed by atoms with Gasteiger partial charge >= 0.3 is 0 Å². The molecular weight excluding hydrogens is 300 g/mol. The molecule has 2 aliphatic heterocycles. The molecule has 0 bridgehead atoms. The monoisotopic (exact) mass is 332 g/mol. The van der Waals surface area contributed by atoms with Crippen molar-refractivity contribution in [3.8, 4) is 0 Å². The third-order valence-corrected chi connectivity index (χ3v) is 5.67. The zero-order valence-electron chi connectivity index (χ0n) is 15.2. The van der Waals surface area contributed by atoms with Gasteiger partial charge in [0.05, 0.1) is 18.8 Å². The molecule has 2 heterocycles. The largest absolute Gasteiger partial charge is 0.392 e. The van der Waals surface area contributed by atoms with Crippen LogP contribution < -0.4 is 0 Å². The predicted octanol–water partition coefficient (Wildman–Crippen LogP) is 2.29. The smallest absolute Gasteiger partial charge is 0.0706 e. The molecule has 2 aliphatic rings. The van der Waals surface area contributed by atoms with Crippen LogP contribution in [-0.2, 0) is 17.8 Å². The van der Waals surface area contributed by atoms with Gasteiger partial charge in [-0.3, -0.25) is 0 Å². The van der Waals surface area contributed by atoms with E-state index in [0.29, 0.717) is 12.2 Å². The molecule has 0 aromatic heterocycles. The first kappa shape index (κ1) is 17.9. The molecule has 0 saturated carbocycles. The summed E-state index contributed by atoms with van der Waals surface area (Å²) in [5.41, 5.74) is 2.28. The Bertz CT molecular complexity index is 497. The first-order valence-corrected chi connectivity index (χ1v) is 9.37. The summed E-state index contributed by atoms with van der Waals surface area (Å²) in [5, 5.41) is 9.12. The number of rotatable bonds is 6. The van der Waals surface area contributed by atoms with E-state index in [2.05, 4.69) is 36.0 Å². The van der Waals surface area contributed by atoms with E-state index in [4.69, 9.17) is 9.84 Å². The van der Waals surface area contributed by atoms with Crippen molar-refractivity contribution in [2.24, 2.45) is 0 Å². The minimum Gasteiger partial charge on any atom is -0.392 e. The van der Waals surface area contributed by atoms with E-state index in [1.54, 1.807) is 0 Å². The second kappa shape index (κ2) is 8.43. The van der Waals surface area contributed by atoms with Crippen molar-refractivity contribution in [1.29, 1.82) is 0 Å². The number of likely N-dealkylation sites (tertiary alicyclic amines) is 1. The number of hydrogen-bond acceptors (Lipinski definition) is 4. The van der Waals surface area contributed by atoms with Gasteiger partial charge < -0.3 is 19.6 Å². The van der Waals surface area contributed by atoms with Crippen LogP contribution in [0.3, 0.4) is 0 Å². The maximum atomic E-state index is 9.12. The lowest BCUT2D eigenvalue weighted by Crippen LogP contribution is -2.44. The average molecular weight is 332 g/mol. The number of likely N-dealkylation sites (N-methyl/N-ethyl adjacent to an activating group) is 1. The van der Waals surface area contributed by atoms with Crippen LogP contribution in [0.4, 0.5) is 0 Å². The van der Waals surface area contributed by atoms with Crippen LogP contribution in [0.1, 0.15) is 36.8 Å². The van der Waals surface area contributed by atoms with Crippen LogP contribution in [0.2, 0.25) is 0 Å². The van der Waals surface area contributed by atoms with Crippen LogP contribution in [0.15, 0.2) is 24.3 Å². The third kappa shape index (κ3) is 4.79. The standard InChI is InChI=1S/C20H32N2O2/c1-21-11-9-18(10-12-21)22(2)14-20-8-7-19(24-20)13-16-3-5-17(15-23)6-4-16/h3-6,18-20,23H,7-15H2,1-2H3/t19-,20+/m0/s1. The minimum absolute atomic E-state index is 0.117. The molecule has 2 atom stereocenters. The molecule has 0 spiro atoms. The Balaban J connectivity index is 1.43. The van der Waals surface area contributed by atoms with Crippen molar-refractivity contribution in [3.63, 3.8) is 0 Å². The fraction of sp³-hybridized carbons (Fsp3) is 0.700. The fourth-order valence-electron chi connectivity index (χ4n) is 4.01. The SMILES string of the molecule is CN1CCC(N(C)C[C@H]2CC[C@@H](Cc3ccc(CO)cc3)O2)CC1. The van der Waals surface area contributed by atoms with Crippen LogP contribution >= 0.6 is 0 Å². The molecule has 2 saturated heterocycles. The summed E-state index contributed by atoms with van der Waals surface area (Å²) in [6.45, 7) is 3.61. The van der Waals surface area contributed by atoms with Crippen LogP contribution in [0.5, 0.6) is 0 Å². The van der Waals surface area contributed by atoms with E-state index in [1.165, 1.54) is 37.9 Å². The van der Waals surface area contributed by atoms with E-state index >= 15 is 0 Å². The molecule has 0 aliphatic carbocycles. The highest BCUT2D eigenvalue weighted by atomic mass is 16.5. The summed E-state index contributed by atoms with van der Waals surface area (Å²) in [6.07, 6.45) is 6.61. The van der Waals surface area contributed by atoms with E-state index in [-0.39, 0.29) is 6.61 Å². The molecule has 24 heavy (non-hydrogen) atoms. The van der Waals surface area contributed by atoms with Gasteiger partial charge in [-0.15, -0.1) is 0 Å². The summed E-state index contributed by atoms with van der Waals surface area (Å²) in [6, 6.07) is 8.97. The van der Waals surface area contributed by atoms with E-state index in [1.807, 2.05) is 12.1 Å². The second-order valence-electron chi connectivity index (χ2n) is 7.61. The molecule has 4 heteroatoms. The van der Waals surface area contributed by atoms with Crippen LogP contribution in [0, 0.1) is 0 Å². The third-order valence-electron chi connectivity index (χ3n) is 5.67. The van der Waals surface area contributed by atoms with E-state index in [9.17, 15) is 0 Å². The molecule has 1 aromatic carbocycles. The lowest BCUT2D eigenvalue weighted by atomic mass is 10.0. The van der Waals surface area contributed by atoms with E-state index in [0.717, 1.165) is 31.0 Å². The summed E-state index contributed by atoms with van der Waals surface area (Å²) in [4.78, 5) is 4.95. The molecule has 1 aromatic rings. The number of ether oxygens (including phenoxy) is 1. The highest BCUT2D eigenvalue weighted by Crippen LogP contribution is 2.25. The van der Waals surface area contributed by atoms with Crippen LogP contribution in [-0.4, -0.2) is 66.9 Å². The van der Waals surface area contributed by atoms with Gasteiger partial charge in [0, 0.05) is 12.6 Å². The van der Waals surface area contributed by atoms with Gasteiger partial charge in [-0.05, 0) is 70.4 Å². The molecule has 0 radical (unpaired) electrons. The van der Waals surface area contributed by atoms with Gasteiger partial charge in [0.2, 0.25) is 0 Å². The normalized spacial score (nSPS) is 26.3. The van der Waals surface area contributed by atoms with Crippen molar-refractivity contribution in [1.82, 2.24) is 9.80 Å². The number of hydrogen-bond donors (Lipinski definition) is 1. The number of nitrogens with zero attached hydrogens (tertiary/aromatic N) is 2. The zero-order chi connectivity index (χ0) is 16.9. The Hall–Kier alpha value is -0.940. The Kier molecular flexibility index (Phi) is 6.28. The first-order chi connectivity index (χ1) is 11.6. The van der Waals surface area contributed by atoms with Gasteiger partial charge in [-0.25, -0.2) is 0 Å². The quantitative estimate of drug-likeness (QED) is 0.867. The van der Waals surface area contributed by atoms with E-state index < -0.39 is 0 Å². The van der Waals surface area contributed by atoms with Gasteiger partial charge in [0.15, 0.2) is 0 Å². The molecule has 4 nitrogen and oxygen atoms in total. The van der Waals surface area contributed by atoms with Crippen molar-refractivity contribution in [2.75, 3.05) is 33.7 Å². The zero-order valence-corrected chi connectivity index (χ0v) is 15.2. The summed E-state index contributed by atoms with van der Waals surface area (Å²) in [7, 11) is 4.48. The van der Waals surface area contributed by atoms with Crippen molar-refractivity contribution >= 4 is 0 Å². The Labute approximate surface area is 146 Å². The van der Waals surface area contributed by atoms with Crippen molar-refractivity contribution in [2.45, 2.75) is 57.0 Å². The van der Waals surface area contributed by atoms with Gasteiger partial charge in [0.25, 0.3) is 0 Å². The average Bonchev–Trinajstić information content (AvgIpc) is 3.03. The number of aliphatic hydroxyl groups is 1. The Morgan fingerprint density at radius 1 is 1.04 bits per heavy atom. The molecular formula is C20H32N2O2. The molecule has 1 N–H and O–H groups in total. The molecule has 0 unspecified atom stereocenters. The number of aliphatic hydroxyl groups excluding tert-OH is 1. The van der Waals surface area contributed by atoms with Crippen molar-refractivity contribution < 1.29 is 9.84 Å². The first-order valence-electron chi connectivity index (χ1n) is 9.37. The Morgan fingerprint density at radius 2 is 1.67 bits per heavy atom. The fourth-order valence-corrected chi connectivity index (χ4v) is 4.01. The number of benzene rings is 1. The summed E-state index contributed by atoms with van der Waals surface area (Å²) >= 11 is 0. The molecule has 0 amide bonds. The molecule has 134 valence electrons.